The third-order valence-corrected chi connectivity index (χ3v) is 4.48. The monoisotopic (exact) mass is 322 g/mol. The van der Waals surface area contributed by atoms with E-state index in [0.717, 1.165) is 18.8 Å². The van der Waals surface area contributed by atoms with Gasteiger partial charge in [0.25, 0.3) is 0 Å². The van der Waals surface area contributed by atoms with Crippen LogP contribution in [0, 0.1) is 0 Å². The molecular formula is C18H18N4O2. The van der Waals surface area contributed by atoms with Gasteiger partial charge in [0.15, 0.2) is 5.69 Å². The van der Waals surface area contributed by atoms with Crippen molar-refractivity contribution < 1.29 is 9.53 Å². The molecule has 4 rings (SSSR count). The molecule has 24 heavy (non-hydrogen) atoms. The molecule has 122 valence electrons. The molecule has 1 N–H and O–H groups in total. The number of esters is 1. The SMILES string of the molecule is COC(=O)c1cnc2nc(NCc3cccc4c3CCC4)ccn12. The number of imidazole rings is 1. The van der Waals surface area contributed by atoms with E-state index in [4.69, 9.17) is 4.74 Å². The molecule has 0 saturated carbocycles. The quantitative estimate of drug-likeness (QED) is 0.748. The van der Waals surface area contributed by atoms with E-state index in [9.17, 15) is 4.79 Å². The van der Waals surface area contributed by atoms with Crippen molar-refractivity contribution in [3.8, 4) is 0 Å². The molecule has 2 aromatic heterocycles. The highest BCUT2D eigenvalue weighted by Gasteiger charge is 2.15. The number of carbonyl (C=O) groups excluding carboxylic acids is 1. The lowest BCUT2D eigenvalue weighted by molar-refractivity contribution is 0.0593. The Labute approximate surface area is 139 Å². The van der Waals surface area contributed by atoms with Crippen LogP contribution < -0.4 is 5.32 Å². The number of hydrogen-bond donors (Lipinski definition) is 1. The zero-order chi connectivity index (χ0) is 16.5. The number of rotatable bonds is 4. The molecule has 1 aromatic carbocycles. The molecule has 0 fully saturated rings. The summed E-state index contributed by atoms with van der Waals surface area (Å²) in [6.45, 7) is 0.733. The molecule has 1 aliphatic carbocycles. The van der Waals surface area contributed by atoms with E-state index in [2.05, 4.69) is 33.5 Å². The van der Waals surface area contributed by atoms with Gasteiger partial charge in [0.1, 0.15) is 5.82 Å². The van der Waals surface area contributed by atoms with Crippen LogP contribution in [0.15, 0.2) is 36.7 Å². The second-order valence-corrected chi connectivity index (χ2v) is 5.88. The molecule has 0 unspecified atom stereocenters. The zero-order valence-corrected chi connectivity index (χ0v) is 13.5. The Balaban J connectivity index is 1.55. The highest BCUT2D eigenvalue weighted by Crippen LogP contribution is 2.25. The van der Waals surface area contributed by atoms with Gasteiger partial charge in [-0.2, -0.15) is 4.98 Å². The molecule has 0 bridgehead atoms. The summed E-state index contributed by atoms with van der Waals surface area (Å²) < 4.78 is 6.36. The molecule has 1 aliphatic rings. The predicted octanol–water partition coefficient (Wildman–Crippen LogP) is 2.62. The summed E-state index contributed by atoms with van der Waals surface area (Å²) >= 11 is 0. The Kier molecular flexibility index (Phi) is 3.65. The number of fused-ring (bicyclic) bond motifs is 2. The summed E-state index contributed by atoms with van der Waals surface area (Å²) in [5.41, 5.74) is 4.63. The average molecular weight is 322 g/mol. The molecular weight excluding hydrogens is 304 g/mol. The summed E-state index contributed by atoms with van der Waals surface area (Å²) in [6, 6.07) is 8.34. The van der Waals surface area contributed by atoms with Crippen molar-refractivity contribution in [1.82, 2.24) is 14.4 Å². The van der Waals surface area contributed by atoms with Gasteiger partial charge in [-0.25, -0.2) is 9.78 Å². The minimum Gasteiger partial charge on any atom is -0.464 e. The van der Waals surface area contributed by atoms with Crippen LogP contribution >= 0.6 is 0 Å². The summed E-state index contributed by atoms with van der Waals surface area (Å²) in [7, 11) is 1.35. The van der Waals surface area contributed by atoms with Gasteiger partial charge in [0.2, 0.25) is 5.78 Å². The van der Waals surface area contributed by atoms with Gasteiger partial charge < -0.3 is 10.1 Å². The number of carbonyl (C=O) groups is 1. The lowest BCUT2D eigenvalue weighted by Crippen LogP contribution is -2.07. The molecule has 2 heterocycles. The third kappa shape index (κ3) is 2.50. The number of aromatic nitrogens is 3. The molecule has 0 radical (unpaired) electrons. The van der Waals surface area contributed by atoms with Crippen LogP contribution in [0.4, 0.5) is 5.82 Å². The molecule has 0 atom stereocenters. The number of aryl methyl sites for hydroxylation is 1. The fraction of sp³-hybridized carbons (Fsp3) is 0.278. The van der Waals surface area contributed by atoms with E-state index in [1.165, 1.54) is 42.8 Å². The van der Waals surface area contributed by atoms with Crippen molar-refractivity contribution in [3.05, 3.63) is 59.0 Å². The number of ether oxygens (including phenoxy) is 1. The van der Waals surface area contributed by atoms with E-state index in [1.807, 2.05) is 6.07 Å². The molecule has 0 spiro atoms. The summed E-state index contributed by atoms with van der Waals surface area (Å²) in [4.78, 5) is 20.3. The van der Waals surface area contributed by atoms with E-state index in [0.29, 0.717) is 11.5 Å². The van der Waals surface area contributed by atoms with Crippen LogP contribution in [0.3, 0.4) is 0 Å². The van der Waals surface area contributed by atoms with Crippen LogP contribution in [0.1, 0.15) is 33.6 Å². The van der Waals surface area contributed by atoms with Crippen LogP contribution in [0.5, 0.6) is 0 Å². The average Bonchev–Trinajstić information content (AvgIpc) is 3.25. The fourth-order valence-corrected chi connectivity index (χ4v) is 3.28. The number of benzene rings is 1. The van der Waals surface area contributed by atoms with Crippen molar-refractivity contribution in [1.29, 1.82) is 0 Å². The van der Waals surface area contributed by atoms with Gasteiger partial charge in [0.05, 0.1) is 13.3 Å². The maximum Gasteiger partial charge on any atom is 0.356 e. The highest BCUT2D eigenvalue weighted by molar-refractivity contribution is 5.88. The van der Waals surface area contributed by atoms with Crippen LogP contribution in [0.2, 0.25) is 0 Å². The van der Waals surface area contributed by atoms with Gasteiger partial charge >= 0.3 is 5.97 Å². The van der Waals surface area contributed by atoms with Crippen molar-refractivity contribution >= 4 is 17.6 Å². The lowest BCUT2D eigenvalue weighted by atomic mass is 10.0. The maximum atomic E-state index is 11.7. The summed E-state index contributed by atoms with van der Waals surface area (Å²) in [5.74, 6) is 0.781. The van der Waals surface area contributed by atoms with Crippen LogP contribution in [-0.4, -0.2) is 27.4 Å². The normalized spacial score (nSPS) is 13.0. The predicted molar refractivity (Wildman–Crippen MR) is 90.1 cm³/mol. The van der Waals surface area contributed by atoms with Gasteiger partial charge in [-0.15, -0.1) is 0 Å². The third-order valence-electron chi connectivity index (χ3n) is 4.48. The van der Waals surface area contributed by atoms with E-state index in [-0.39, 0.29) is 0 Å². The first-order valence-electron chi connectivity index (χ1n) is 8.02. The Hall–Kier alpha value is -2.89. The molecule has 0 aliphatic heterocycles. The lowest BCUT2D eigenvalue weighted by Gasteiger charge is -2.10. The molecule has 3 aromatic rings. The van der Waals surface area contributed by atoms with Crippen molar-refractivity contribution in [2.75, 3.05) is 12.4 Å². The molecule has 6 heteroatoms. The smallest absolute Gasteiger partial charge is 0.356 e. The minimum absolute atomic E-state index is 0.368. The number of hydrogen-bond acceptors (Lipinski definition) is 5. The number of methoxy groups -OCH3 is 1. The largest absolute Gasteiger partial charge is 0.464 e. The Bertz CT molecular complexity index is 917. The Morgan fingerprint density at radius 3 is 3.12 bits per heavy atom. The van der Waals surface area contributed by atoms with E-state index >= 15 is 0 Å². The van der Waals surface area contributed by atoms with Gasteiger partial charge in [-0.05, 0) is 42.0 Å². The molecule has 6 nitrogen and oxygen atoms in total. The fourth-order valence-electron chi connectivity index (χ4n) is 3.28. The summed E-state index contributed by atoms with van der Waals surface area (Å²) in [6.07, 6.45) is 6.82. The first kappa shape index (κ1) is 14.7. The van der Waals surface area contributed by atoms with Crippen molar-refractivity contribution in [3.63, 3.8) is 0 Å². The molecule has 0 amide bonds. The van der Waals surface area contributed by atoms with Crippen LogP contribution in [-0.2, 0) is 24.1 Å². The van der Waals surface area contributed by atoms with Gasteiger partial charge in [-0.1, -0.05) is 18.2 Å². The second-order valence-electron chi connectivity index (χ2n) is 5.88. The Morgan fingerprint density at radius 2 is 2.25 bits per heavy atom. The van der Waals surface area contributed by atoms with E-state index < -0.39 is 5.97 Å². The standard InChI is InChI=1S/C18H18N4O2/c1-24-17(23)15-11-20-18-21-16(8-9-22(15)18)19-10-13-6-2-4-12-5-3-7-14(12)13/h2,4,6,8-9,11H,3,5,7,10H2,1H3,(H,19,20,21). The zero-order valence-electron chi connectivity index (χ0n) is 13.5. The van der Waals surface area contributed by atoms with Crippen LogP contribution in [0.25, 0.3) is 5.78 Å². The van der Waals surface area contributed by atoms with Gasteiger partial charge in [0, 0.05) is 12.7 Å². The highest BCUT2D eigenvalue weighted by atomic mass is 16.5. The first-order chi connectivity index (χ1) is 11.8. The summed E-state index contributed by atoms with van der Waals surface area (Å²) in [5, 5.41) is 3.35. The van der Waals surface area contributed by atoms with Gasteiger partial charge in [-0.3, -0.25) is 4.40 Å². The first-order valence-corrected chi connectivity index (χ1v) is 8.02. The Morgan fingerprint density at radius 1 is 1.33 bits per heavy atom. The second kappa shape index (κ2) is 5.96. The molecule has 0 saturated heterocycles. The maximum absolute atomic E-state index is 11.7. The number of anilines is 1. The minimum atomic E-state index is -0.426. The number of nitrogens with zero attached hydrogens (tertiary/aromatic N) is 3. The van der Waals surface area contributed by atoms with Crippen molar-refractivity contribution in [2.45, 2.75) is 25.8 Å². The topological polar surface area (TPSA) is 68.5 Å². The van der Waals surface area contributed by atoms with Crippen molar-refractivity contribution in [2.24, 2.45) is 0 Å². The number of nitrogens with one attached hydrogen (secondary N) is 1. The van der Waals surface area contributed by atoms with E-state index in [1.54, 1.807) is 10.6 Å².